The maximum Gasteiger partial charge on any atom is 0.270 e. The summed E-state index contributed by atoms with van der Waals surface area (Å²) in [5.41, 5.74) is 1.49. The van der Waals surface area contributed by atoms with Crippen molar-refractivity contribution >= 4 is 23.5 Å². The van der Waals surface area contributed by atoms with Gasteiger partial charge in [-0.3, -0.25) is 4.79 Å². The van der Waals surface area contributed by atoms with Gasteiger partial charge in [0, 0.05) is 24.3 Å². The smallest absolute Gasteiger partial charge is 0.270 e. The Kier molecular flexibility index (Phi) is 6.35. The molecule has 2 N–H and O–H groups in total. The number of carbonyl (C=O) groups is 1. The number of nitrogens with zero attached hydrogens (tertiary/aromatic N) is 2. The van der Waals surface area contributed by atoms with E-state index in [1.165, 1.54) is 0 Å². The number of nitrogens with one attached hydrogen (secondary N) is 2. The maximum absolute atomic E-state index is 12.1. The Morgan fingerprint density at radius 1 is 1.22 bits per heavy atom. The van der Waals surface area contributed by atoms with Crippen molar-refractivity contribution in [3.63, 3.8) is 0 Å². The fourth-order valence-electron chi connectivity index (χ4n) is 1.93. The third-order valence-electron chi connectivity index (χ3n) is 3.17. The van der Waals surface area contributed by atoms with Crippen molar-refractivity contribution in [2.75, 3.05) is 18.4 Å². The van der Waals surface area contributed by atoms with Crippen LogP contribution in [-0.2, 0) is 6.42 Å². The molecule has 0 unspecified atom stereocenters. The van der Waals surface area contributed by atoms with Gasteiger partial charge in [0.05, 0.1) is 0 Å². The molecule has 0 aliphatic carbocycles. The van der Waals surface area contributed by atoms with Crippen molar-refractivity contribution in [1.82, 2.24) is 15.3 Å². The predicted molar refractivity (Wildman–Crippen MR) is 92.8 cm³/mol. The Labute approximate surface area is 141 Å². The first-order valence-electron chi connectivity index (χ1n) is 7.64. The van der Waals surface area contributed by atoms with Crippen LogP contribution in [0.15, 0.2) is 36.5 Å². The van der Waals surface area contributed by atoms with Crippen LogP contribution in [0.5, 0.6) is 0 Å². The Morgan fingerprint density at radius 3 is 2.65 bits per heavy atom. The molecule has 5 nitrogen and oxygen atoms in total. The lowest BCUT2D eigenvalue weighted by molar-refractivity contribution is 0.0949. The van der Waals surface area contributed by atoms with E-state index in [9.17, 15) is 4.79 Å². The number of amides is 1. The summed E-state index contributed by atoms with van der Waals surface area (Å²) in [5, 5.41) is 6.68. The third kappa shape index (κ3) is 5.87. The van der Waals surface area contributed by atoms with E-state index in [4.69, 9.17) is 11.6 Å². The summed E-state index contributed by atoms with van der Waals surface area (Å²) in [6.07, 6.45) is 2.33. The molecular weight excluding hydrogens is 312 g/mol. The molecule has 0 saturated heterocycles. The lowest BCUT2D eigenvalue weighted by atomic mass is 10.1. The molecule has 1 amide bonds. The van der Waals surface area contributed by atoms with Gasteiger partial charge in [-0.15, -0.1) is 0 Å². The molecular formula is C17H21ClN4O. The quantitative estimate of drug-likeness (QED) is 0.817. The summed E-state index contributed by atoms with van der Waals surface area (Å²) in [6, 6.07) is 9.20. The molecule has 0 aliphatic heterocycles. The van der Waals surface area contributed by atoms with Crippen LogP contribution < -0.4 is 10.6 Å². The zero-order valence-corrected chi connectivity index (χ0v) is 14.1. The number of benzene rings is 1. The highest BCUT2D eigenvalue weighted by atomic mass is 35.5. The highest BCUT2D eigenvalue weighted by Crippen LogP contribution is 2.09. The summed E-state index contributed by atoms with van der Waals surface area (Å²) < 4.78 is 0. The van der Waals surface area contributed by atoms with Gasteiger partial charge >= 0.3 is 0 Å². The maximum atomic E-state index is 12.1. The number of hydrogen-bond donors (Lipinski definition) is 2. The summed E-state index contributed by atoms with van der Waals surface area (Å²) in [7, 11) is 0. The van der Waals surface area contributed by atoms with E-state index in [0.29, 0.717) is 29.1 Å². The van der Waals surface area contributed by atoms with E-state index in [1.807, 2.05) is 24.3 Å². The first-order valence-corrected chi connectivity index (χ1v) is 8.02. The average Bonchev–Trinajstić information content (AvgIpc) is 2.55. The van der Waals surface area contributed by atoms with Gasteiger partial charge in [-0.25, -0.2) is 9.97 Å². The molecule has 2 rings (SSSR count). The van der Waals surface area contributed by atoms with Gasteiger partial charge < -0.3 is 10.6 Å². The number of halogens is 1. The van der Waals surface area contributed by atoms with Gasteiger partial charge in [-0.1, -0.05) is 37.6 Å². The molecule has 122 valence electrons. The molecule has 0 radical (unpaired) electrons. The van der Waals surface area contributed by atoms with Gasteiger partial charge in [-0.05, 0) is 36.1 Å². The minimum atomic E-state index is -0.200. The zero-order chi connectivity index (χ0) is 16.7. The normalized spacial score (nSPS) is 10.6. The standard InChI is InChI=1S/C17H21ClN4O/c1-12(2)11-21-17-20-10-8-15(22-17)16(23)19-9-7-13-3-5-14(18)6-4-13/h3-6,8,10,12H,7,9,11H2,1-2H3,(H,19,23)(H,20,21,22). The molecule has 0 bridgehead atoms. The van der Waals surface area contributed by atoms with Crippen LogP contribution in [0.25, 0.3) is 0 Å². The number of hydrogen-bond acceptors (Lipinski definition) is 4. The average molecular weight is 333 g/mol. The highest BCUT2D eigenvalue weighted by molar-refractivity contribution is 6.30. The summed E-state index contributed by atoms with van der Waals surface area (Å²) in [6.45, 7) is 5.50. The van der Waals surface area contributed by atoms with Gasteiger partial charge in [0.25, 0.3) is 5.91 Å². The minimum Gasteiger partial charge on any atom is -0.354 e. The molecule has 0 aliphatic rings. The second-order valence-corrected chi connectivity index (χ2v) is 6.11. The van der Waals surface area contributed by atoms with Gasteiger partial charge in [-0.2, -0.15) is 0 Å². The zero-order valence-electron chi connectivity index (χ0n) is 13.3. The lowest BCUT2D eigenvalue weighted by Crippen LogP contribution is -2.27. The third-order valence-corrected chi connectivity index (χ3v) is 3.42. The van der Waals surface area contributed by atoms with Crippen LogP contribution in [0, 0.1) is 5.92 Å². The van der Waals surface area contributed by atoms with Crippen LogP contribution in [0.3, 0.4) is 0 Å². The highest BCUT2D eigenvalue weighted by Gasteiger charge is 2.08. The van der Waals surface area contributed by atoms with E-state index in [-0.39, 0.29) is 5.91 Å². The lowest BCUT2D eigenvalue weighted by Gasteiger charge is -2.09. The Hall–Kier alpha value is -2.14. The Morgan fingerprint density at radius 2 is 1.96 bits per heavy atom. The number of anilines is 1. The van der Waals surface area contributed by atoms with Crippen LogP contribution in [0.1, 0.15) is 29.9 Å². The van der Waals surface area contributed by atoms with Crippen LogP contribution in [-0.4, -0.2) is 29.0 Å². The second kappa shape index (κ2) is 8.48. The first-order chi connectivity index (χ1) is 11.0. The molecule has 0 fully saturated rings. The minimum absolute atomic E-state index is 0.200. The number of aromatic nitrogens is 2. The fourth-order valence-corrected chi connectivity index (χ4v) is 2.05. The second-order valence-electron chi connectivity index (χ2n) is 5.67. The van der Waals surface area contributed by atoms with Crippen molar-refractivity contribution < 1.29 is 4.79 Å². The largest absolute Gasteiger partial charge is 0.354 e. The monoisotopic (exact) mass is 332 g/mol. The van der Waals surface area contributed by atoms with Gasteiger partial charge in [0.1, 0.15) is 5.69 Å². The van der Waals surface area contributed by atoms with E-state index in [2.05, 4.69) is 34.4 Å². The summed E-state index contributed by atoms with van der Waals surface area (Å²) in [4.78, 5) is 20.5. The van der Waals surface area contributed by atoms with Crippen molar-refractivity contribution in [1.29, 1.82) is 0 Å². The molecule has 0 saturated carbocycles. The molecule has 1 aromatic carbocycles. The molecule has 1 heterocycles. The fraction of sp³-hybridized carbons (Fsp3) is 0.353. The predicted octanol–water partition coefficient (Wildman–Crippen LogP) is 3.17. The van der Waals surface area contributed by atoms with E-state index in [0.717, 1.165) is 18.5 Å². The first kappa shape index (κ1) is 17.2. The number of rotatable bonds is 7. The van der Waals surface area contributed by atoms with Crippen molar-refractivity contribution in [3.05, 3.63) is 52.8 Å². The number of carbonyl (C=O) groups excluding carboxylic acids is 1. The van der Waals surface area contributed by atoms with Crippen molar-refractivity contribution in [2.24, 2.45) is 5.92 Å². The van der Waals surface area contributed by atoms with E-state index in [1.54, 1.807) is 12.3 Å². The van der Waals surface area contributed by atoms with Gasteiger partial charge in [0.15, 0.2) is 0 Å². The summed E-state index contributed by atoms with van der Waals surface area (Å²) in [5.74, 6) is 0.758. The van der Waals surface area contributed by atoms with Crippen LogP contribution in [0.4, 0.5) is 5.95 Å². The van der Waals surface area contributed by atoms with Crippen LogP contribution >= 0.6 is 11.6 Å². The topological polar surface area (TPSA) is 66.9 Å². The summed E-state index contributed by atoms with van der Waals surface area (Å²) >= 11 is 5.85. The molecule has 0 atom stereocenters. The van der Waals surface area contributed by atoms with Crippen molar-refractivity contribution in [3.8, 4) is 0 Å². The molecule has 2 aromatic rings. The van der Waals surface area contributed by atoms with Crippen LogP contribution in [0.2, 0.25) is 5.02 Å². The Bertz CT molecular complexity index is 643. The Balaban J connectivity index is 1.85. The van der Waals surface area contributed by atoms with E-state index < -0.39 is 0 Å². The molecule has 6 heteroatoms. The SMILES string of the molecule is CC(C)CNc1nccc(C(=O)NCCc2ccc(Cl)cc2)n1. The van der Waals surface area contributed by atoms with Gasteiger partial charge in [0.2, 0.25) is 5.95 Å². The van der Waals surface area contributed by atoms with E-state index >= 15 is 0 Å². The molecule has 23 heavy (non-hydrogen) atoms. The molecule has 0 spiro atoms. The van der Waals surface area contributed by atoms with Crippen molar-refractivity contribution in [2.45, 2.75) is 20.3 Å². The molecule has 1 aromatic heterocycles.